The Bertz CT molecular complexity index is 600. The Kier molecular flexibility index (Phi) is 4.52. The Labute approximate surface area is 119 Å². The largest absolute Gasteiger partial charge is 0.348 e. The number of rotatable bonds is 4. The first kappa shape index (κ1) is 13.5. The van der Waals surface area contributed by atoms with Gasteiger partial charge in [0.2, 0.25) is 5.56 Å². The van der Waals surface area contributed by atoms with Crippen molar-refractivity contribution in [1.82, 2.24) is 10.3 Å². The summed E-state index contributed by atoms with van der Waals surface area (Å²) in [6, 6.07) is 10.8. The van der Waals surface area contributed by atoms with Crippen molar-refractivity contribution in [1.29, 1.82) is 0 Å². The first-order valence-corrected chi connectivity index (χ1v) is 6.92. The molecule has 19 heavy (non-hydrogen) atoms. The Balaban J connectivity index is 1.96. The van der Waals surface area contributed by atoms with Crippen LogP contribution in [0.4, 0.5) is 0 Å². The molecule has 0 unspecified atom stereocenters. The number of halogens is 1. The zero-order valence-corrected chi connectivity index (χ0v) is 11.7. The molecule has 0 aliphatic rings. The maximum absolute atomic E-state index is 11.8. The third-order valence-corrected chi connectivity index (χ3v) is 3.32. The lowest BCUT2D eigenvalue weighted by atomic mass is 10.1. The van der Waals surface area contributed by atoms with Gasteiger partial charge in [-0.1, -0.05) is 40.2 Å². The third-order valence-electron chi connectivity index (χ3n) is 2.68. The number of aromatic nitrogens is 1. The van der Waals surface area contributed by atoms with E-state index in [2.05, 4.69) is 26.2 Å². The van der Waals surface area contributed by atoms with E-state index >= 15 is 0 Å². The van der Waals surface area contributed by atoms with Crippen molar-refractivity contribution in [3.63, 3.8) is 0 Å². The molecule has 0 bridgehead atoms. The number of pyridine rings is 1. The van der Waals surface area contributed by atoms with E-state index in [1.807, 2.05) is 24.3 Å². The Morgan fingerprint density at radius 3 is 2.37 bits per heavy atom. The number of benzene rings is 1. The van der Waals surface area contributed by atoms with E-state index < -0.39 is 0 Å². The van der Waals surface area contributed by atoms with E-state index in [0.717, 1.165) is 10.9 Å². The number of carbonyl (C=O) groups is 1. The highest BCUT2D eigenvalue weighted by Crippen LogP contribution is 2.07. The molecule has 0 saturated heterocycles. The lowest BCUT2D eigenvalue weighted by Gasteiger charge is -2.05. The summed E-state index contributed by atoms with van der Waals surface area (Å²) in [5, 5.41) is 3.62. The molecule has 0 aliphatic heterocycles. The van der Waals surface area contributed by atoms with E-state index in [1.54, 1.807) is 0 Å². The van der Waals surface area contributed by atoms with Crippen LogP contribution in [0.15, 0.2) is 47.4 Å². The van der Waals surface area contributed by atoms with Crippen LogP contribution in [0.2, 0.25) is 0 Å². The minimum Gasteiger partial charge on any atom is -0.348 e. The fraction of sp³-hybridized carbons (Fsp3) is 0.143. The fourth-order valence-corrected chi connectivity index (χ4v) is 1.96. The van der Waals surface area contributed by atoms with Crippen LogP contribution in [0.3, 0.4) is 0 Å². The standard InChI is InChI=1S/C14H13BrN2O2/c15-7-10-1-3-11(4-2-10)8-17-14(19)12-5-6-13(18)16-9-12/h1-6,9H,7-8H2,(H,16,18)(H,17,19). The van der Waals surface area contributed by atoms with Gasteiger partial charge in [0.25, 0.3) is 5.91 Å². The van der Waals surface area contributed by atoms with Gasteiger partial charge in [-0.2, -0.15) is 0 Å². The molecule has 0 fully saturated rings. The number of carbonyl (C=O) groups excluding carboxylic acids is 1. The molecule has 0 aliphatic carbocycles. The maximum atomic E-state index is 11.8. The highest BCUT2D eigenvalue weighted by atomic mass is 79.9. The molecule has 0 spiro atoms. The first-order valence-electron chi connectivity index (χ1n) is 5.80. The third kappa shape index (κ3) is 3.79. The topological polar surface area (TPSA) is 62.0 Å². The Morgan fingerprint density at radius 2 is 1.79 bits per heavy atom. The van der Waals surface area contributed by atoms with E-state index in [4.69, 9.17) is 0 Å². The van der Waals surface area contributed by atoms with Crippen molar-refractivity contribution >= 4 is 21.8 Å². The minimum atomic E-state index is -0.220. The first-order chi connectivity index (χ1) is 9.19. The maximum Gasteiger partial charge on any atom is 0.253 e. The minimum absolute atomic E-state index is 0.208. The molecule has 1 heterocycles. The van der Waals surface area contributed by atoms with Crippen molar-refractivity contribution < 1.29 is 4.79 Å². The van der Waals surface area contributed by atoms with Crippen LogP contribution in [-0.4, -0.2) is 10.9 Å². The van der Waals surface area contributed by atoms with Crippen molar-refractivity contribution in [3.05, 3.63) is 69.6 Å². The van der Waals surface area contributed by atoms with Gasteiger partial charge in [0.05, 0.1) is 5.56 Å². The molecule has 2 aromatic rings. The molecule has 4 nitrogen and oxygen atoms in total. The van der Waals surface area contributed by atoms with Gasteiger partial charge < -0.3 is 10.3 Å². The monoisotopic (exact) mass is 320 g/mol. The summed E-state index contributed by atoms with van der Waals surface area (Å²) in [4.78, 5) is 25.2. The summed E-state index contributed by atoms with van der Waals surface area (Å²) in [6.07, 6.45) is 1.41. The van der Waals surface area contributed by atoms with E-state index in [9.17, 15) is 9.59 Å². The summed E-state index contributed by atoms with van der Waals surface area (Å²) in [7, 11) is 0. The average molecular weight is 321 g/mol. The van der Waals surface area contributed by atoms with Gasteiger partial charge >= 0.3 is 0 Å². The highest BCUT2D eigenvalue weighted by molar-refractivity contribution is 9.08. The molecule has 0 saturated carbocycles. The normalized spacial score (nSPS) is 10.2. The molecule has 2 N–H and O–H groups in total. The van der Waals surface area contributed by atoms with E-state index in [1.165, 1.54) is 23.9 Å². The van der Waals surface area contributed by atoms with Gasteiger partial charge in [0, 0.05) is 24.1 Å². The molecule has 1 aromatic carbocycles. The number of hydrogen-bond donors (Lipinski definition) is 2. The van der Waals surface area contributed by atoms with Crippen molar-refractivity contribution in [2.45, 2.75) is 11.9 Å². The second-order valence-electron chi connectivity index (χ2n) is 4.07. The predicted octanol–water partition coefficient (Wildman–Crippen LogP) is 2.20. The number of H-pyrrole nitrogens is 1. The number of hydrogen-bond acceptors (Lipinski definition) is 2. The zero-order chi connectivity index (χ0) is 13.7. The summed E-state index contributed by atoms with van der Waals surface area (Å²) in [5.41, 5.74) is 2.44. The van der Waals surface area contributed by atoms with Gasteiger partial charge in [-0.15, -0.1) is 0 Å². The van der Waals surface area contributed by atoms with Gasteiger partial charge in [0.1, 0.15) is 0 Å². The lowest BCUT2D eigenvalue weighted by molar-refractivity contribution is 0.0950. The number of nitrogens with one attached hydrogen (secondary N) is 2. The summed E-state index contributed by atoms with van der Waals surface area (Å²) in [6.45, 7) is 0.459. The molecular weight excluding hydrogens is 308 g/mol. The molecule has 1 aromatic heterocycles. The average Bonchev–Trinajstić information content (AvgIpc) is 2.46. The van der Waals surface area contributed by atoms with Crippen LogP contribution in [0.25, 0.3) is 0 Å². The summed E-state index contributed by atoms with van der Waals surface area (Å²) in [5.74, 6) is -0.208. The van der Waals surface area contributed by atoms with Crippen LogP contribution in [-0.2, 0) is 11.9 Å². The van der Waals surface area contributed by atoms with Crippen LogP contribution in [0.1, 0.15) is 21.5 Å². The smallest absolute Gasteiger partial charge is 0.253 e. The molecule has 5 heteroatoms. The van der Waals surface area contributed by atoms with E-state index in [-0.39, 0.29) is 11.5 Å². The fourth-order valence-electron chi connectivity index (χ4n) is 1.58. The second-order valence-corrected chi connectivity index (χ2v) is 4.64. The quantitative estimate of drug-likeness (QED) is 0.848. The Hall–Kier alpha value is -1.88. The van der Waals surface area contributed by atoms with Gasteiger partial charge in [0.15, 0.2) is 0 Å². The van der Waals surface area contributed by atoms with Crippen LogP contribution >= 0.6 is 15.9 Å². The molecular formula is C14H13BrN2O2. The van der Waals surface area contributed by atoms with Crippen molar-refractivity contribution in [3.8, 4) is 0 Å². The molecule has 0 atom stereocenters. The summed E-state index contributed by atoms with van der Waals surface area (Å²) >= 11 is 3.38. The molecule has 0 radical (unpaired) electrons. The van der Waals surface area contributed by atoms with Gasteiger partial charge in [-0.05, 0) is 17.2 Å². The van der Waals surface area contributed by atoms with Crippen molar-refractivity contribution in [2.24, 2.45) is 0 Å². The van der Waals surface area contributed by atoms with Crippen LogP contribution in [0.5, 0.6) is 0 Å². The molecule has 98 valence electrons. The molecule has 2 rings (SSSR count). The SMILES string of the molecule is O=C(NCc1ccc(CBr)cc1)c1ccc(=O)[nH]c1. The van der Waals surface area contributed by atoms with E-state index in [0.29, 0.717) is 12.1 Å². The van der Waals surface area contributed by atoms with Gasteiger partial charge in [-0.25, -0.2) is 0 Å². The summed E-state index contributed by atoms with van der Waals surface area (Å²) < 4.78 is 0. The molecule has 1 amide bonds. The Morgan fingerprint density at radius 1 is 1.11 bits per heavy atom. The second kappa shape index (κ2) is 6.33. The number of amides is 1. The highest BCUT2D eigenvalue weighted by Gasteiger charge is 2.04. The van der Waals surface area contributed by atoms with Crippen LogP contribution < -0.4 is 10.9 Å². The number of aromatic amines is 1. The lowest BCUT2D eigenvalue weighted by Crippen LogP contribution is -2.23. The number of alkyl halides is 1. The van der Waals surface area contributed by atoms with Crippen molar-refractivity contribution in [2.75, 3.05) is 0 Å². The predicted molar refractivity (Wildman–Crippen MR) is 77.3 cm³/mol. The van der Waals surface area contributed by atoms with Gasteiger partial charge in [-0.3, -0.25) is 9.59 Å². The van der Waals surface area contributed by atoms with Crippen LogP contribution in [0, 0.1) is 0 Å². The zero-order valence-electron chi connectivity index (χ0n) is 10.2.